The lowest BCUT2D eigenvalue weighted by Gasteiger charge is -2.03. The number of benzene rings is 2. The van der Waals surface area contributed by atoms with Crippen LogP contribution in [0.3, 0.4) is 0 Å². The third-order valence-electron chi connectivity index (χ3n) is 3.94. The van der Waals surface area contributed by atoms with Crippen LogP contribution in [0.5, 0.6) is 11.5 Å². The highest BCUT2D eigenvalue weighted by Gasteiger charge is 2.28. The molecule has 0 radical (unpaired) electrons. The third-order valence-corrected chi connectivity index (χ3v) is 3.94. The molecule has 0 saturated carbocycles. The molecule has 0 N–H and O–H groups in total. The van der Waals surface area contributed by atoms with E-state index in [0.717, 1.165) is 33.7 Å². The van der Waals surface area contributed by atoms with Gasteiger partial charge in [-0.3, -0.25) is 9.36 Å². The van der Waals surface area contributed by atoms with E-state index in [1.54, 1.807) is 18.8 Å². The number of ether oxygens (including phenoxy) is 2. The molecule has 4 heteroatoms. The van der Waals surface area contributed by atoms with Crippen LogP contribution in [0.25, 0.3) is 22.2 Å². The molecule has 0 amide bonds. The molecule has 0 saturated heterocycles. The van der Waals surface area contributed by atoms with E-state index < -0.39 is 0 Å². The molecule has 1 aliphatic heterocycles. The fraction of sp³-hybridized carbons (Fsp3) is 0.118. The number of methoxy groups -OCH3 is 2. The lowest BCUT2D eigenvalue weighted by molar-refractivity contribution is 0.0973. The molecule has 0 fully saturated rings. The van der Waals surface area contributed by atoms with Crippen LogP contribution >= 0.6 is 0 Å². The van der Waals surface area contributed by atoms with Crippen LogP contribution in [0.2, 0.25) is 0 Å². The fourth-order valence-electron chi connectivity index (χ4n) is 2.91. The summed E-state index contributed by atoms with van der Waals surface area (Å²) < 4.78 is 12.3. The zero-order valence-electron chi connectivity index (χ0n) is 11.7. The minimum Gasteiger partial charge on any atom is -0.497 e. The molecule has 0 unspecified atom stereocenters. The molecule has 0 atom stereocenters. The van der Waals surface area contributed by atoms with E-state index in [1.165, 1.54) is 0 Å². The number of fused-ring (bicyclic) bond motifs is 5. The van der Waals surface area contributed by atoms with E-state index in [4.69, 9.17) is 9.47 Å². The summed E-state index contributed by atoms with van der Waals surface area (Å²) in [6.07, 6.45) is 0. The van der Waals surface area contributed by atoms with Gasteiger partial charge >= 0.3 is 0 Å². The molecule has 3 aromatic rings. The molecule has 1 aliphatic rings. The number of nitrogens with zero attached hydrogens (tertiary/aromatic N) is 1. The summed E-state index contributed by atoms with van der Waals surface area (Å²) in [7, 11) is 3.26. The second kappa shape index (κ2) is 4.12. The minimum atomic E-state index is 0.00261. The maximum atomic E-state index is 12.6. The number of carbonyl (C=O) groups excluding carboxylic acids is 1. The van der Waals surface area contributed by atoms with Gasteiger partial charge in [0.05, 0.1) is 25.4 Å². The molecule has 2 aromatic carbocycles. The Balaban J connectivity index is 2.02. The number of aromatic nitrogens is 1. The number of hydrogen-bond acceptors (Lipinski definition) is 3. The van der Waals surface area contributed by atoms with Crippen molar-refractivity contribution in [1.82, 2.24) is 4.57 Å². The quantitative estimate of drug-likeness (QED) is 0.565. The first kappa shape index (κ1) is 12.0. The first-order valence-electron chi connectivity index (χ1n) is 6.65. The zero-order valence-corrected chi connectivity index (χ0v) is 11.7. The Hall–Kier alpha value is -2.75. The average molecular weight is 279 g/mol. The van der Waals surface area contributed by atoms with Crippen molar-refractivity contribution < 1.29 is 14.3 Å². The van der Waals surface area contributed by atoms with Crippen LogP contribution in [0.4, 0.5) is 0 Å². The van der Waals surface area contributed by atoms with Crippen molar-refractivity contribution in [2.75, 3.05) is 14.2 Å². The van der Waals surface area contributed by atoms with Gasteiger partial charge in [-0.1, -0.05) is 0 Å². The lowest BCUT2D eigenvalue weighted by atomic mass is 10.1. The van der Waals surface area contributed by atoms with E-state index in [0.29, 0.717) is 5.56 Å². The van der Waals surface area contributed by atoms with E-state index in [-0.39, 0.29) is 5.91 Å². The normalized spacial score (nSPS) is 12.4. The second-order valence-electron chi connectivity index (χ2n) is 5.01. The predicted molar refractivity (Wildman–Crippen MR) is 80.2 cm³/mol. The highest BCUT2D eigenvalue weighted by atomic mass is 16.5. The summed E-state index contributed by atoms with van der Waals surface area (Å²) in [4.78, 5) is 12.6. The molecular weight excluding hydrogens is 266 g/mol. The van der Waals surface area contributed by atoms with Crippen molar-refractivity contribution >= 4 is 16.8 Å². The van der Waals surface area contributed by atoms with Crippen LogP contribution in [0.1, 0.15) is 10.4 Å². The second-order valence-corrected chi connectivity index (χ2v) is 5.01. The molecule has 2 heterocycles. The van der Waals surface area contributed by atoms with Crippen molar-refractivity contribution in [3.05, 3.63) is 48.0 Å². The Kier molecular flexibility index (Phi) is 2.36. The third kappa shape index (κ3) is 1.53. The van der Waals surface area contributed by atoms with Crippen LogP contribution in [-0.2, 0) is 0 Å². The van der Waals surface area contributed by atoms with Gasteiger partial charge in [-0.2, -0.15) is 0 Å². The molecule has 0 spiro atoms. The first-order chi connectivity index (χ1) is 10.2. The van der Waals surface area contributed by atoms with Crippen molar-refractivity contribution in [3.63, 3.8) is 0 Å². The fourth-order valence-corrected chi connectivity index (χ4v) is 2.91. The van der Waals surface area contributed by atoms with Crippen molar-refractivity contribution in [3.8, 4) is 22.8 Å². The van der Waals surface area contributed by atoms with Gasteiger partial charge in [-0.25, -0.2) is 0 Å². The Morgan fingerprint density at radius 3 is 2.33 bits per heavy atom. The maximum absolute atomic E-state index is 12.6. The van der Waals surface area contributed by atoms with Crippen molar-refractivity contribution in [2.45, 2.75) is 0 Å². The monoisotopic (exact) mass is 279 g/mol. The van der Waals surface area contributed by atoms with Gasteiger partial charge in [0.2, 0.25) is 0 Å². The van der Waals surface area contributed by atoms with Crippen LogP contribution in [0, 0.1) is 0 Å². The van der Waals surface area contributed by atoms with Crippen LogP contribution in [-0.4, -0.2) is 24.7 Å². The van der Waals surface area contributed by atoms with E-state index >= 15 is 0 Å². The summed E-state index contributed by atoms with van der Waals surface area (Å²) in [5.41, 5.74) is 3.42. The molecular formula is C17H13NO3. The number of rotatable bonds is 2. The Bertz CT molecular complexity index is 892. The summed E-state index contributed by atoms with van der Waals surface area (Å²) in [6.45, 7) is 0. The molecule has 0 bridgehead atoms. The van der Waals surface area contributed by atoms with Gasteiger partial charge < -0.3 is 9.47 Å². The highest BCUT2D eigenvalue weighted by Crippen LogP contribution is 2.39. The summed E-state index contributed by atoms with van der Waals surface area (Å²) in [5.74, 6) is 1.53. The van der Waals surface area contributed by atoms with Gasteiger partial charge in [0, 0.05) is 16.5 Å². The first-order valence-corrected chi connectivity index (χ1v) is 6.65. The summed E-state index contributed by atoms with van der Waals surface area (Å²) in [6, 6.07) is 13.3. The zero-order chi connectivity index (χ0) is 14.6. The molecule has 21 heavy (non-hydrogen) atoms. The maximum Gasteiger partial charge on any atom is 0.263 e. The van der Waals surface area contributed by atoms with Crippen molar-refractivity contribution in [1.29, 1.82) is 0 Å². The molecule has 4 nitrogen and oxygen atoms in total. The largest absolute Gasteiger partial charge is 0.497 e. The summed E-state index contributed by atoms with van der Waals surface area (Å²) >= 11 is 0. The highest BCUT2D eigenvalue weighted by molar-refractivity contribution is 6.14. The van der Waals surface area contributed by atoms with Gasteiger partial charge in [0.15, 0.2) is 0 Å². The smallest absolute Gasteiger partial charge is 0.263 e. The number of carbonyl (C=O) groups is 1. The average Bonchev–Trinajstić information content (AvgIpc) is 3.02. The van der Waals surface area contributed by atoms with Gasteiger partial charge in [0.25, 0.3) is 5.91 Å². The van der Waals surface area contributed by atoms with E-state index in [2.05, 4.69) is 0 Å². The predicted octanol–water partition coefficient (Wildman–Crippen LogP) is 3.33. The molecule has 1 aromatic heterocycles. The van der Waals surface area contributed by atoms with Gasteiger partial charge in [0.1, 0.15) is 11.5 Å². The van der Waals surface area contributed by atoms with E-state index in [9.17, 15) is 4.79 Å². The van der Waals surface area contributed by atoms with Gasteiger partial charge in [-0.05, 0) is 42.5 Å². The molecule has 104 valence electrons. The minimum absolute atomic E-state index is 0.00261. The van der Waals surface area contributed by atoms with Crippen LogP contribution < -0.4 is 9.47 Å². The Morgan fingerprint density at radius 2 is 1.57 bits per heavy atom. The van der Waals surface area contributed by atoms with Crippen LogP contribution in [0.15, 0.2) is 42.5 Å². The Morgan fingerprint density at radius 1 is 0.857 bits per heavy atom. The van der Waals surface area contributed by atoms with E-state index in [1.807, 2.05) is 42.5 Å². The topological polar surface area (TPSA) is 40.5 Å². The number of hydrogen-bond donors (Lipinski definition) is 0. The standard InChI is InChI=1S/C17H13NO3/c1-20-11-4-6-15-10(7-11)8-16-14-9-12(21-2)3-5-13(14)17(19)18(15)16/h3-9H,1-2H3. The Labute approximate surface area is 121 Å². The van der Waals surface area contributed by atoms with Crippen molar-refractivity contribution in [2.24, 2.45) is 0 Å². The molecule has 0 aliphatic carbocycles. The summed E-state index contributed by atoms with van der Waals surface area (Å²) in [5, 5.41) is 0.992. The molecule has 4 rings (SSSR count). The lowest BCUT2D eigenvalue weighted by Crippen LogP contribution is -2.05. The SMILES string of the molecule is COc1ccc2c(c1)-c1cc3cc(OC)ccc3n1C2=O. The van der Waals surface area contributed by atoms with Gasteiger partial charge in [-0.15, -0.1) is 0 Å².